The first-order valence-electron chi connectivity index (χ1n) is 13.6. The van der Waals surface area contributed by atoms with Gasteiger partial charge in [-0.25, -0.2) is 0 Å². The molecule has 2 fully saturated rings. The van der Waals surface area contributed by atoms with Crippen LogP contribution in [0.5, 0.6) is 0 Å². The predicted molar refractivity (Wildman–Crippen MR) is 144 cm³/mol. The molecule has 194 valence electrons. The van der Waals surface area contributed by atoms with Crippen molar-refractivity contribution < 1.29 is 9.21 Å². The van der Waals surface area contributed by atoms with Gasteiger partial charge in [0.05, 0.1) is 5.70 Å². The standard InChI is InChI=1S/C29H41N5O2/c1-5-29(18-21(2)12-13-22(3)19-29)27-33-32-26(36-27)24-11-9-10-23(16-24)17-25(20-35)31-28(30-4)34-14-7-6-8-15-34/h9-11,16-17,20-22H,5-8,12-15,18-19H2,1-4H3,(H,30,31)/b25-17-. The van der Waals surface area contributed by atoms with Gasteiger partial charge < -0.3 is 14.6 Å². The number of carbonyl (C=O) groups is 1. The third-order valence-electron chi connectivity index (χ3n) is 7.89. The van der Waals surface area contributed by atoms with Gasteiger partial charge in [-0.15, -0.1) is 10.2 Å². The summed E-state index contributed by atoms with van der Waals surface area (Å²) < 4.78 is 6.35. The third kappa shape index (κ3) is 6.05. The van der Waals surface area contributed by atoms with Crippen molar-refractivity contribution in [3.63, 3.8) is 0 Å². The van der Waals surface area contributed by atoms with Crippen molar-refractivity contribution in [3.8, 4) is 11.5 Å². The number of aldehydes is 1. The van der Waals surface area contributed by atoms with Crippen molar-refractivity contribution in [2.45, 2.75) is 77.6 Å². The van der Waals surface area contributed by atoms with Crippen molar-refractivity contribution in [3.05, 3.63) is 41.4 Å². The van der Waals surface area contributed by atoms with Crippen LogP contribution in [0.4, 0.5) is 0 Å². The Morgan fingerprint density at radius 1 is 1.17 bits per heavy atom. The number of nitrogens with zero attached hydrogens (tertiary/aromatic N) is 4. The number of aromatic nitrogens is 2. The van der Waals surface area contributed by atoms with Crippen LogP contribution in [0.15, 0.2) is 39.4 Å². The fourth-order valence-electron chi connectivity index (χ4n) is 5.91. The van der Waals surface area contributed by atoms with Gasteiger partial charge in [0.15, 0.2) is 12.2 Å². The average Bonchev–Trinajstić information content (AvgIpc) is 3.35. The summed E-state index contributed by atoms with van der Waals surface area (Å²) in [5, 5.41) is 12.2. The molecule has 1 aliphatic heterocycles. The fraction of sp³-hybridized carbons (Fsp3) is 0.586. The minimum atomic E-state index is -0.0585. The summed E-state index contributed by atoms with van der Waals surface area (Å²) in [6.07, 6.45) is 11.9. The fourth-order valence-corrected chi connectivity index (χ4v) is 5.91. The Hall–Kier alpha value is -2.96. The molecule has 36 heavy (non-hydrogen) atoms. The van der Waals surface area contributed by atoms with E-state index in [1.165, 1.54) is 19.3 Å². The number of piperidine rings is 1. The lowest BCUT2D eigenvalue weighted by Gasteiger charge is -2.30. The van der Waals surface area contributed by atoms with E-state index in [-0.39, 0.29) is 5.41 Å². The van der Waals surface area contributed by atoms with Crippen molar-refractivity contribution in [2.75, 3.05) is 20.1 Å². The van der Waals surface area contributed by atoms with Gasteiger partial charge in [-0.05, 0) is 74.1 Å². The van der Waals surface area contributed by atoms with Gasteiger partial charge in [0.25, 0.3) is 0 Å². The molecule has 2 aromatic rings. The maximum Gasteiger partial charge on any atom is 0.247 e. The van der Waals surface area contributed by atoms with Gasteiger partial charge in [0.2, 0.25) is 11.8 Å². The highest BCUT2D eigenvalue weighted by molar-refractivity contribution is 5.91. The molecule has 1 N–H and O–H groups in total. The summed E-state index contributed by atoms with van der Waals surface area (Å²) >= 11 is 0. The molecule has 2 aliphatic rings. The Morgan fingerprint density at radius 2 is 1.89 bits per heavy atom. The van der Waals surface area contributed by atoms with Gasteiger partial charge in [-0.3, -0.25) is 9.79 Å². The number of hydrogen-bond acceptors (Lipinski definition) is 5. The summed E-state index contributed by atoms with van der Waals surface area (Å²) in [4.78, 5) is 18.5. The lowest BCUT2D eigenvalue weighted by molar-refractivity contribution is -0.105. The zero-order valence-electron chi connectivity index (χ0n) is 22.3. The van der Waals surface area contributed by atoms with E-state index in [9.17, 15) is 4.79 Å². The van der Waals surface area contributed by atoms with Gasteiger partial charge in [-0.2, -0.15) is 0 Å². The summed E-state index contributed by atoms with van der Waals surface area (Å²) in [6.45, 7) is 8.84. The first-order valence-corrected chi connectivity index (χ1v) is 13.6. The lowest BCUT2D eigenvalue weighted by Crippen LogP contribution is -2.43. The van der Waals surface area contributed by atoms with Crippen molar-refractivity contribution in [1.29, 1.82) is 0 Å². The highest BCUT2D eigenvalue weighted by atomic mass is 16.4. The largest absolute Gasteiger partial charge is 0.420 e. The molecule has 1 saturated carbocycles. The molecule has 0 bridgehead atoms. The predicted octanol–water partition coefficient (Wildman–Crippen LogP) is 5.83. The second-order valence-electron chi connectivity index (χ2n) is 10.8. The van der Waals surface area contributed by atoms with Gasteiger partial charge >= 0.3 is 0 Å². The number of likely N-dealkylation sites (tertiary alicyclic amines) is 1. The second-order valence-corrected chi connectivity index (χ2v) is 10.8. The molecule has 1 aromatic carbocycles. The molecule has 1 aliphatic carbocycles. The molecule has 0 spiro atoms. The van der Waals surface area contributed by atoms with Crippen LogP contribution in [-0.4, -0.2) is 47.5 Å². The Kier molecular flexibility index (Phi) is 8.60. The van der Waals surface area contributed by atoms with Crippen LogP contribution in [0.2, 0.25) is 0 Å². The quantitative estimate of drug-likeness (QED) is 0.180. The first kappa shape index (κ1) is 26.1. The smallest absolute Gasteiger partial charge is 0.247 e. The van der Waals surface area contributed by atoms with E-state index in [2.05, 4.69) is 46.2 Å². The molecule has 1 aromatic heterocycles. The van der Waals surface area contributed by atoms with Crippen molar-refractivity contribution >= 4 is 18.3 Å². The molecular weight excluding hydrogens is 450 g/mol. The van der Waals surface area contributed by atoms with E-state index in [1.807, 2.05) is 30.3 Å². The van der Waals surface area contributed by atoms with E-state index < -0.39 is 0 Å². The van der Waals surface area contributed by atoms with Crippen LogP contribution in [0.3, 0.4) is 0 Å². The van der Waals surface area contributed by atoms with E-state index in [0.717, 1.165) is 74.5 Å². The number of nitrogens with one attached hydrogen (secondary N) is 1. The zero-order valence-corrected chi connectivity index (χ0v) is 22.3. The lowest BCUT2D eigenvalue weighted by atomic mass is 9.74. The topological polar surface area (TPSA) is 83.6 Å². The van der Waals surface area contributed by atoms with Crippen LogP contribution in [-0.2, 0) is 10.2 Å². The van der Waals surface area contributed by atoms with Crippen molar-refractivity contribution in [2.24, 2.45) is 16.8 Å². The molecule has 2 unspecified atom stereocenters. The normalized spacial score (nSPS) is 25.9. The SMILES string of the molecule is CCC1(c2nnc(-c3cccc(/C=C(/C=O)NC(=NC)N4CCCCC4)c3)o2)CC(C)CCC(C)C1. The van der Waals surface area contributed by atoms with E-state index >= 15 is 0 Å². The average molecular weight is 492 g/mol. The van der Waals surface area contributed by atoms with E-state index in [1.54, 1.807) is 7.05 Å². The Balaban J connectivity index is 1.55. The Morgan fingerprint density at radius 3 is 2.53 bits per heavy atom. The molecule has 2 heterocycles. The maximum absolute atomic E-state index is 11.9. The molecular formula is C29H41N5O2. The molecule has 1 saturated heterocycles. The number of aliphatic imine (C=N–C) groups is 1. The molecule has 0 radical (unpaired) electrons. The van der Waals surface area contributed by atoms with Gasteiger partial charge in [-0.1, -0.05) is 45.7 Å². The second kappa shape index (κ2) is 11.8. The number of allylic oxidation sites excluding steroid dienone is 1. The Labute approximate surface area is 215 Å². The molecule has 0 amide bonds. The van der Waals surface area contributed by atoms with Crippen LogP contribution in [0.1, 0.15) is 83.6 Å². The van der Waals surface area contributed by atoms with Crippen LogP contribution in [0, 0.1) is 11.8 Å². The first-order chi connectivity index (χ1) is 17.5. The summed E-state index contributed by atoms with van der Waals surface area (Å²) in [5.74, 6) is 3.33. The van der Waals surface area contributed by atoms with Gasteiger partial charge in [0, 0.05) is 31.1 Å². The van der Waals surface area contributed by atoms with Crippen molar-refractivity contribution in [1.82, 2.24) is 20.4 Å². The number of carbonyl (C=O) groups excluding carboxylic acids is 1. The summed E-state index contributed by atoms with van der Waals surface area (Å²) in [5.41, 5.74) is 2.15. The number of guanidine groups is 1. The van der Waals surface area contributed by atoms with Crippen LogP contribution < -0.4 is 5.32 Å². The number of hydrogen-bond donors (Lipinski definition) is 1. The van der Waals surface area contributed by atoms with Gasteiger partial charge in [0.1, 0.15) is 0 Å². The highest BCUT2D eigenvalue weighted by Crippen LogP contribution is 2.45. The number of benzene rings is 1. The van der Waals surface area contributed by atoms with E-state index in [4.69, 9.17) is 4.42 Å². The third-order valence-corrected chi connectivity index (χ3v) is 7.89. The highest BCUT2D eigenvalue weighted by Gasteiger charge is 2.40. The minimum Gasteiger partial charge on any atom is -0.420 e. The monoisotopic (exact) mass is 491 g/mol. The summed E-state index contributed by atoms with van der Waals surface area (Å²) in [6, 6.07) is 7.89. The maximum atomic E-state index is 11.9. The Bertz CT molecular complexity index is 1070. The molecule has 7 nitrogen and oxygen atoms in total. The molecule has 2 atom stereocenters. The van der Waals surface area contributed by atoms with E-state index in [0.29, 0.717) is 23.4 Å². The van der Waals surface area contributed by atoms with Crippen LogP contribution in [0.25, 0.3) is 17.5 Å². The van der Waals surface area contributed by atoms with Crippen LogP contribution >= 0.6 is 0 Å². The minimum absolute atomic E-state index is 0.0585. The summed E-state index contributed by atoms with van der Waals surface area (Å²) in [7, 11) is 1.76. The molecule has 4 rings (SSSR count). The zero-order chi connectivity index (χ0) is 25.5. The molecule has 7 heteroatoms. The number of rotatable bonds is 6.